The number of thiazole rings is 1. The van der Waals surface area contributed by atoms with E-state index in [4.69, 9.17) is 0 Å². The number of aromatic amines is 1. The summed E-state index contributed by atoms with van der Waals surface area (Å²) in [4.78, 5) is 19.3. The lowest BCUT2D eigenvalue weighted by atomic mass is 10.1. The van der Waals surface area contributed by atoms with Gasteiger partial charge in [0.25, 0.3) is 5.56 Å². The number of aryl methyl sites for hydroxylation is 1. The van der Waals surface area contributed by atoms with Crippen molar-refractivity contribution in [2.24, 2.45) is 0 Å². The number of nitrogens with one attached hydrogen (secondary N) is 1. The molecule has 0 unspecified atom stereocenters. The number of nitrogens with zero attached hydrogens (tertiary/aromatic N) is 1. The minimum absolute atomic E-state index is 0.0978. The van der Waals surface area contributed by atoms with Crippen molar-refractivity contribution in [3.8, 4) is 21.8 Å². The van der Waals surface area contributed by atoms with Gasteiger partial charge in [0, 0.05) is 11.6 Å². The van der Waals surface area contributed by atoms with Gasteiger partial charge in [0.2, 0.25) is 0 Å². The topological polar surface area (TPSA) is 45.8 Å². The van der Waals surface area contributed by atoms with Gasteiger partial charge in [-0.25, -0.2) is 4.98 Å². The van der Waals surface area contributed by atoms with Crippen molar-refractivity contribution >= 4 is 11.3 Å². The molecule has 0 fully saturated rings. The maximum absolute atomic E-state index is 12.2. The van der Waals surface area contributed by atoms with Gasteiger partial charge in [-0.3, -0.25) is 4.79 Å². The van der Waals surface area contributed by atoms with E-state index in [1.165, 1.54) is 11.3 Å². The van der Waals surface area contributed by atoms with Crippen LogP contribution in [0.4, 0.5) is 0 Å². The average molecular weight is 328 g/mol. The highest BCUT2D eigenvalue weighted by atomic mass is 32.1. The maximum atomic E-state index is 12.2. The number of pyridine rings is 1. The predicted octanol–water partition coefficient (Wildman–Crippen LogP) is 5.53. The van der Waals surface area contributed by atoms with Crippen LogP contribution < -0.4 is 5.56 Å². The zero-order valence-electron chi connectivity index (χ0n) is 14.4. The third-order valence-corrected chi connectivity index (χ3v) is 3.77. The predicted molar refractivity (Wildman–Crippen MR) is 101 cm³/mol. The molecule has 0 saturated heterocycles. The smallest absolute Gasteiger partial charge is 0.258 e. The zero-order valence-corrected chi connectivity index (χ0v) is 15.2. The molecule has 23 heavy (non-hydrogen) atoms. The Kier molecular flexibility index (Phi) is 7.98. The van der Waals surface area contributed by atoms with Crippen molar-refractivity contribution in [1.29, 1.82) is 0 Å². The highest BCUT2D eigenvalue weighted by Gasteiger charge is 2.10. The largest absolute Gasteiger partial charge is 0.321 e. The van der Waals surface area contributed by atoms with Gasteiger partial charge in [-0.1, -0.05) is 58.0 Å². The monoisotopic (exact) mass is 328 g/mol. The second-order valence-electron chi connectivity index (χ2n) is 4.27. The minimum atomic E-state index is -0.0978. The van der Waals surface area contributed by atoms with Gasteiger partial charge in [0.15, 0.2) is 0 Å². The number of rotatable bonds is 2. The van der Waals surface area contributed by atoms with Crippen LogP contribution in [-0.2, 0) is 0 Å². The highest BCUT2D eigenvalue weighted by molar-refractivity contribution is 7.13. The molecule has 0 aliphatic heterocycles. The molecule has 1 N–H and O–H groups in total. The molecule has 0 bridgehead atoms. The Labute approximate surface area is 142 Å². The second-order valence-corrected chi connectivity index (χ2v) is 5.17. The van der Waals surface area contributed by atoms with Crippen LogP contribution in [-0.4, -0.2) is 9.97 Å². The van der Waals surface area contributed by atoms with Crippen LogP contribution in [0, 0.1) is 6.92 Å². The third-order valence-electron chi connectivity index (χ3n) is 2.96. The van der Waals surface area contributed by atoms with Crippen molar-refractivity contribution in [2.45, 2.75) is 34.6 Å². The summed E-state index contributed by atoms with van der Waals surface area (Å²) in [5.41, 5.74) is 3.45. The molecule has 0 radical (unpaired) electrons. The molecule has 0 aliphatic carbocycles. The molecular weight excluding hydrogens is 304 g/mol. The van der Waals surface area contributed by atoms with Gasteiger partial charge >= 0.3 is 0 Å². The Morgan fingerprint density at radius 2 is 1.70 bits per heavy atom. The Morgan fingerprint density at radius 3 is 2.26 bits per heavy atom. The molecule has 2 heterocycles. The summed E-state index contributed by atoms with van der Waals surface area (Å²) < 4.78 is 0. The zero-order chi connectivity index (χ0) is 17.2. The van der Waals surface area contributed by atoms with Crippen LogP contribution in [0.3, 0.4) is 0 Å². The molecule has 2 aromatic heterocycles. The minimum Gasteiger partial charge on any atom is -0.321 e. The fourth-order valence-corrected chi connectivity index (χ4v) is 2.70. The first-order valence-corrected chi connectivity index (χ1v) is 8.83. The standard InChI is InChI=1S/C15H12N2OS.2C2H6/c1-10-9-12(15-16-7-8-19-15)14(18)17-13(10)11-5-3-2-4-6-11;2*1-2/h2-9H,1H3,(H,17,18);2*1-2H3. The molecule has 3 nitrogen and oxygen atoms in total. The summed E-state index contributed by atoms with van der Waals surface area (Å²) in [6.45, 7) is 10.00. The van der Waals surface area contributed by atoms with Crippen molar-refractivity contribution in [3.05, 3.63) is 63.9 Å². The first-order chi connectivity index (χ1) is 11.3. The molecule has 0 spiro atoms. The van der Waals surface area contributed by atoms with Crippen molar-refractivity contribution in [2.75, 3.05) is 0 Å². The molecule has 0 aliphatic rings. The quantitative estimate of drug-likeness (QED) is 0.672. The molecular formula is C19H24N2OS. The van der Waals surface area contributed by atoms with Crippen LogP contribution in [0.5, 0.6) is 0 Å². The normalized spacial score (nSPS) is 9.26. The van der Waals surface area contributed by atoms with Gasteiger partial charge in [-0.05, 0) is 24.1 Å². The highest BCUT2D eigenvalue weighted by Crippen LogP contribution is 2.24. The summed E-state index contributed by atoms with van der Waals surface area (Å²) >= 11 is 1.47. The third kappa shape index (κ3) is 4.63. The van der Waals surface area contributed by atoms with Gasteiger partial charge in [0.1, 0.15) is 5.01 Å². The first-order valence-electron chi connectivity index (χ1n) is 7.95. The van der Waals surface area contributed by atoms with Crippen molar-refractivity contribution < 1.29 is 0 Å². The van der Waals surface area contributed by atoms with E-state index in [2.05, 4.69) is 9.97 Å². The maximum Gasteiger partial charge on any atom is 0.258 e. The number of hydrogen-bond acceptors (Lipinski definition) is 3. The Hall–Kier alpha value is -2.20. The van der Waals surface area contributed by atoms with Crippen LogP contribution in [0.2, 0.25) is 0 Å². The fourth-order valence-electron chi connectivity index (χ4n) is 2.05. The summed E-state index contributed by atoms with van der Waals surface area (Å²) in [5.74, 6) is 0. The number of H-pyrrole nitrogens is 1. The molecule has 1 aromatic carbocycles. The molecule has 122 valence electrons. The lowest BCUT2D eigenvalue weighted by Gasteiger charge is -2.07. The van der Waals surface area contributed by atoms with E-state index >= 15 is 0 Å². The van der Waals surface area contributed by atoms with Crippen LogP contribution >= 0.6 is 11.3 Å². The average Bonchev–Trinajstić information content (AvgIpc) is 3.15. The fraction of sp³-hybridized carbons (Fsp3) is 0.263. The Morgan fingerprint density at radius 1 is 1.04 bits per heavy atom. The second kappa shape index (κ2) is 9.74. The number of benzene rings is 1. The molecule has 0 saturated carbocycles. The lowest BCUT2D eigenvalue weighted by molar-refractivity contribution is 1.20. The molecule has 3 aromatic rings. The Bertz CT molecular complexity index is 747. The molecule has 0 amide bonds. The Balaban J connectivity index is 0.000000615. The number of hydrogen-bond donors (Lipinski definition) is 1. The molecule has 0 atom stereocenters. The van der Waals surface area contributed by atoms with E-state index in [1.807, 2.05) is 76.4 Å². The van der Waals surface area contributed by atoms with Gasteiger partial charge in [0.05, 0.1) is 11.3 Å². The van der Waals surface area contributed by atoms with E-state index in [-0.39, 0.29) is 5.56 Å². The van der Waals surface area contributed by atoms with Gasteiger partial charge in [-0.15, -0.1) is 11.3 Å². The lowest BCUT2D eigenvalue weighted by Crippen LogP contribution is -2.11. The van der Waals surface area contributed by atoms with Crippen molar-refractivity contribution in [1.82, 2.24) is 9.97 Å². The SMILES string of the molecule is CC.CC.Cc1cc(-c2nccs2)c(=O)[nH]c1-c1ccccc1. The van der Waals surface area contributed by atoms with E-state index in [1.54, 1.807) is 6.20 Å². The van der Waals surface area contributed by atoms with Gasteiger partial charge < -0.3 is 4.98 Å². The first kappa shape index (κ1) is 18.8. The van der Waals surface area contributed by atoms with Crippen LogP contribution in [0.25, 0.3) is 21.8 Å². The summed E-state index contributed by atoms with van der Waals surface area (Å²) in [6, 6.07) is 11.8. The van der Waals surface area contributed by atoms with Crippen molar-refractivity contribution in [3.63, 3.8) is 0 Å². The van der Waals surface area contributed by atoms with Gasteiger partial charge in [-0.2, -0.15) is 0 Å². The van der Waals surface area contributed by atoms with E-state index in [0.717, 1.165) is 21.8 Å². The molecule has 4 heteroatoms. The summed E-state index contributed by atoms with van der Waals surface area (Å²) in [7, 11) is 0. The summed E-state index contributed by atoms with van der Waals surface area (Å²) in [6.07, 6.45) is 1.71. The van der Waals surface area contributed by atoms with Crippen LogP contribution in [0.1, 0.15) is 33.3 Å². The van der Waals surface area contributed by atoms with E-state index in [9.17, 15) is 4.79 Å². The van der Waals surface area contributed by atoms with E-state index in [0.29, 0.717) is 5.56 Å². The van der Waals surface area contributed by atoms with Crippen LogP contribution in [0.15, 0.2) is 52.8 Å². The van der Waals surface area contributed by atoms with E-state index < -0.39 is 0 Å². The molecule has 3 rings (SSSR count). The number of aromatic nitrogens is 2. The summed E-state index contributed by atoms with van der Waals surface area (Å²) in [5, 5.41) is 2.62.